The van der Waals surface area contributed by atoms with Gasteiger partial charge in [-0.1, -0.05) is 0 Å². The Kier molecular flexibility index (Phi) is 4.53. The maximum atomic E-state index is 12.7. The molecule has 0 saturated heterocycles. The number of aromatic nitrogens is 3. The second-order valence-electron chi connectivity index (χ2n) is 5.30. The fraction of sp³-hybridized carbons (Fsp3) is 0.235. The van der Waals surface area contributed by atoms with E-state index in [-0.39, 0.29) is 35.5 Å². The van der Waals surface area contributed by atoms with Crippen LogP contribution in [0.5, 0.6) is 5.75 Å². The Morgan fingerprint density at radius 2 is 1.92 bits per heavy atom. The predicted octanol–water partition coefficient (Wildman–Crippen LogP) is 0.926. The molecule has 2 aliphatic rings. The summed E-state index contributed by atoms with van der Waals surface area (Å²) in [4.78, 5) is 24.8. The van der Waals surface area contributed by atoms with Crippen molar-refractivity contribution in [1.29, 1.82) is 0 Å². The Labute approximate surface area is 143 Å². The number of aliphatic hydroxyl groups is 1. The lowest BCUT2D eigenvalue weighted by atomic mass is 10.1. The van der Waals surface area contributed by atoms with Gasteiger partial charge < -0.3 is 19.1 Å². The minimum Gasteiger partial charge on any atom is -0.497 e. The minimum atomic E-state index is -0.600. The molecule has 0 aliphatic carbocycles. The van der Waals surface area contributed by atoms with Crippen LogP contribution >= 0.6 is 0 Å². The van der Waals surface area contributed by atoms with Crippen LogP contribution in [0.25, 0.3) is 16.9 Å². The zero-order chi connectivity index (χ0) is 18.0. The van der Waals surface area contributed by atoms with Crippen LogP contribution in [0.15, 0.2) is 41.5 Å². The predicted molar refractivity (Wildman–Crippen MR) is 89.4 cm³/mol. The summed E-state index contributed by atoms with van der Waals surface area (Å²) in [6, 6.07) is 6.83. The van der Waals surface area contributed by atoms with Gasteiger partial charge in [0.25, 0.3) is 5.56 Å². The van der Waals surface area contributed by atoms with Gasteiger partial charge in [0.1, 0.15) is 17.0 Å². The number of nitrogens with zero attached hydrogens (tertiary/aromatic N) is 3. The van der Waals surface area contributed by atoms with Crippen LogP contribution in [0.2, 0.25) is 0 Å². The van der Waals surface area contributed by atoms with Gasteiger partial charge in [0, 0.05) is 18.9 Å². The molecule has 0 radical (unpaired) electrons. The van der Waals surface area contributed by atoms with Gasteiger partial charge in [-0.15, -0.1) is 0 Å². The van der Waals surface area contributed by atoms with Crippen molar-refractivity contribution < 1.29 is 19.4 Å². The Morgan fingerprint density at radius 3 is 2.52 bits per heavy atom. The Hall–Kier alpha value is -3.13. The van der Waals surface area contributed by atoms with E-state index in [2.05, 4.69) is 5.10 Å². The molecule has 1 aromatic carbocycles. The van der Waals surface area contributed by atoms with Crippen LogP contribution in [0.3, 0.4) is 0 Å². The van der Waals surface area contributed by atoms with E-state index in [9.17, 15) is 9.59 Å². The number of hydrogen-bond donors (Lipinski definition) is 1. The molecule has 0 spiro atoms. The second-order valence-corrected chi connectivity index (χ2v) is 5.30. The molecular weight excluding hydrogens is 326 g/mol. The lowest BCUT2D eigenvalue weighted by Crippen LogP contribution is -2.16. The number of benzene rings is 1. The molecule has 0 unspecified atom stereocenters. The maximum absolute atomic E-state index is 12.7. The summed E-state index contributed by atoms with van der Waals surface area (Å²) >= 11 is 0. The van der Waals surface area contributed by atoms with Crippen molar-refractivity contribution >= 4 is 5.97 Å². The molecule has 3 rings (SSSR count). The van der Waals surface area contributed by atoms with Gasteiger partial charge in [-0.25, -0.2) is 4.79 Å². The van der Waals surface area contributed by atoms with E-state index in [0.717, 1.165) is 0 Å². The molecule has 130 valence electrons. The van der Waals surface area contributed by atoms with Crippen LogP contribution in [-0.4, -0.2) is 46.2 Å². The molecular formula is C17H17N3O5. The van der Waals surface area contributed by atoms with Crippen LogP contribution in [0, 0.1) is 0 Å². The fourth-order valence-corrected chi connectivity index (χ4v) is 2.56. The Morgan fingerprint density at radius 1 is 1.20 bits per heavy atom. The summed E-state index contributed by atoms with van der Waals surface area (Å²) in [5, 5.41) is 13.4. The largest absolute Gasteiger partial charge is 0.497 e. The van der Waals surface area contributed by atoms with Crippen molar-refractivity contribution in [2.45, 2.75) is 6.54 Å². The zero-order valence-corrected chi connectivity index (χ0v) is 13.8. The van der Waals surface area contributed by atoms with Gasteiger partial charge in [0.15, 0.2) is 0 Å². The lowest BCUT2D eigenvalue weighted by molar-refractivity contribution is 0.0600. The highest BCUT2D eigenvalue weighted by atomic mass is 16.5. The maximum Gasteiger partial charge on any atom is 0.341 e. The average Bonchev–Trinajstić information content (AvgIpc) is 2.97. The number of methoxy groups -OCH3 is 2. The van der Waals surface area contributed by atoms with Crippen molar-refractivity contribution in [1.82, 2.24) is 14.3 Å². The number of esters is 1. The third kappa shape index (κ3) is 2.99. The number of carbonyl (C=O) groups is 1. The van der Waals surface area contributed by atoms with E-state index < -0.39 is 5.97 Å². The molecule has 2 aliphatic heterocycles. The van der Waals surface area contributed by atoms with Crippen LogP contribution < -0.4 is 10.3 Å². The zero-order valence-electron chi connectivity index (χ0n) is 13.8. The molecule has 0 bridgehead atoms. The number of fused-ring (bicyclic) bond motifs is 1. The van der Waals surface area contributed by atoms with Gasteiger partial charge in [-0.2, -0.15) is 9.78 Å². The lowest BCUT2D eigenvalue weighted by Gasteiger charge is -2.10. The first kappa shape index (κ1) is 16.7. The summed E-state index contributed by atoms with van der Waals surface area (Å²) in [5.41, 5.74) is 0.871. The van der Waals surface area contributed by atoms with Crippen molar-refractivity contribution in [3.05, 3.63) is 52.6 Å². The number of pyridine rings is 1. The van der Waals surface area contributed by atoms with Crippen molar-refractivity contribution in [3.63, 3.8) is 0 Å². The minimum absolute atomic E-state index is 0.127. The molecule has 25 heavy (non-hydrogen) atoms. The fourth-order valence-electron chi connectivity index (χ4n) is 2.56. The first-order valence-electron chi connectivity index (χ1n) is 7.55. The summed E-state index contributed by atoms with van der Waals surface area (Å²) in [7, 11) is 2.81. The summed E-state index contributed by atoms with van der Waals surface area (Å²) in [6.45, 7) is 0.116. The van der Waals surface area contributed by atoms with E-state index in [1.165, 1.54) is 18.0 Å². The smallest absolute Gasteiger partial charge is 0.341 e. The van der Waals surface area contributed by atoms with Gasteiger partial charge in [0.2, 0.25) is 0 Å². The number of hydrogen-bond acceptors (Lipinski definition) is 6. The van der Waals surface area contributed by atoms with E-state index in [0.29, 0.717) is 11.4 Å². The topological polar surface area (TPSA) is 95.6 Å². The third-order valence-corrected chi connectivity index (χ3v) is 3.80. The number of ether oxygens (including phenoxy) is 2. The van der Waals surface area contributed by atoms with Crippen molar-refractivity contribution in [2.24, 2.45) is 0 Å². The van der Waals surface area contributed by atoms with Crippen molar-refractivity contribution in [3.8, 4) is 22.7 Å². The Bertz CT molecular complexity index is 927. The molecule has 1 aromatic rings. The monoisotopic (exact) mass is 343 g/mol. The van der Waals surface area contributed by atoms with Gasteiger partial charge >= 0.3 is 5.97 Å². The normalized spacial score (nSPS) is 10.8. The first-order chi connectivity index (χ1) is 12.1. The molecule has 0 saturated carbocycles. The van der Waals surface area contributed by atoms with Gasteiger partial charge in [0.05, 0.1) is 32.1 Å². The molecule has 2 heterocycles. The van der Waals surface area contributed by atoms with E-state index in [1.54, 1.807) is 42.1 Å². The third-order valence-electron chi connectivity index (χ3n) is 3.80. The average molecular weight is 343 g/mol. The van der Waals surface area contributed by atoms with Crippen molar-refractivity contribution in [2.75, 3.05) is 20.8 Å². The standard InChI is InChI=1S/C17H17N3O5/c1-24-12-5-3-11(4-6-12)20-16(22)13-9-19(7-8-21)10-14(15(13)18-20)17(23)25-2/h3-6,9-10,21H,7-8H2,1-2H3. The molecule has 0 amide bonds. The highest BCUT2D eigenvalue weighted by molar-refractivity contribution is 5.96. The SMILES string of the molecule is COC(=O)c1cn(CCO)cc2c(=O)n(-c3ccc(OC)cc3)nc1-2. The second kappa shape index (κ2) is 6.78. The first-order valence-corrected chi connectivity index (χ1v) is 7.55. The van der Waals surface area contributed by atoms with Crippen LogP contribution in [-0.2, 0) is 11.3 Å². The molecule has 8 nitrogen and oxygen atoms in total. The van der Waals surface area contributed by atoms with E-state index >= 15 is 0 Å². The summed E-state index contributed by atoms with van der Waals surface area (Å²) in [5.74, 6) is 0.0561. The van der Waals surface area contributed by atoms with Crippen LogP contribution in [0.1, 0.15) is 10.4 Å². The molecule has 8 heteroatoms. The summed E-state index contributed by atoms with van der Waals surface area (Å²) < 4.78 is 12.7. The van der Waals surface area contributed by atoms with E-state index in [1.807, 2.05) is 0 Å². The molecule has 0 atom stereocenters. The van der Waals surface area contributed by atoms with E-state index in [4.69, 9.17) is 14.6 Å². The van der Waals surface area contributed by atoms with Crippen LogP contribution in [0.4, 0.5) is 0 Å². The van der Waals surface area contributed by atoms with Gasteiger partial charge in [-0.05, 0) is 24.3 Å². The highest BCUT2D eigenvalue weighted by Gasteiger charge is 2.24. The number of carbonyl (C=O) groups excluding carboxylic acids is 1. The molecule has 0 aromatic heterocycles. The number of rotatable bonds is 5. The molecule has 0 fully saturated rings. The quantitative estimate of drug-likeness (QED) is 0.692. The highest BCUT2D eigenvalue weighted by Crippen LogP contribution is 2.23. The number of aliphatic hydroxyl groups excluding tert-OH is 1. The van der Waals surface area contributed by atoms with Gasteiger partial charge in [-0.3, -0.25) is 4.79 Å². The molecule has 1 N–H and O–H groups in total. The summed E-state index contributed by atoms with van der Waals surface area (Å²) in [6.07, 6.45) is 3.07. The Balaban J connectivity index is 2.21.